The van der Waals surface area contributed by atoms with E-state index in [1.807, 2.05) is 27.8 Å². The fourth-order valence-electron chi connectivity index (χ4n) is 1.86. The molecule has 0 rings (SSSR count). The molecule has 5 nitrogen and oxygen atoms in total. The summed E-state index contributed by atoms with van der Waals surface area (Å²) in [5.41, 5.74) is 2.97. The van der Waals surface area contributed by atoms with Crippen molar-refractivity contribution in [1.29, 1.82) is 0 Å². The Morgan fingerprint density at radius 1 is 1.21 bits per heavy atom. The van der Waals surface area contributed by atoms with Crippen LogP contribution >= 0.6 is 0 Å². The first-order valence-electron chi connectivity index (χ1n) is 6.87. The van der Waals surface area contributed by atoms with E-state index >= 15 is 0 Å². The van der Waals surface area contributed by atoms with Gasteiger partial charge in [-0.3, -0.25) is 0 Å². The van der Waals surface area contributed by atoms with Gasteiger partial charge in [0, 0.05) is 26.2 Å². The second kappa shape index (κ2) is 10.9. The molecule has 0 aromatic carbocycles. The van der Waals surface area contributed by atoms with Gasteiger partial charge in [0.05, 0.1) is 0 Å². The molecule has 1 atom stereocenters. The van der Waals surface area contributed by atoms with Crippen LogP contribution in [0.1, 0.15) is 54.4 Å². The van der Waals surface area contributed by atoms with Crippen molar-refractivity contribution in [2.24, 2.45) is 27.2 Å². The Morgan fingerprint density at radius 2 is 1.74 bits per heavy atom. The van der Waals surface area contributed by atoms with E-state index in [-0.39, 0.29) is 0 Å². The third-order valence-electron chi connectivity index (χ3n) is 2.12. The van der Waals surface area contributed by atoms with E-state index in [9.17, 15) is 5.11 Å². The SMILES string of the molecule is CN=NC(C)(O)CC(C)C.CNN=C(C)CC(C)C. The predicted octanol–water partition coefficient (Wildman–Crippen LogP) is 3.45. The molecule has 0 heterocycles. The first-order chi connectivity index (χ1) is 8.64. The maximum absolute atomic E-state index is 9.42. The van der Waals surface area contributed by atoms with Gasteiger partial charge in [0.1, 0.15) is 0 Å². The van der Waals surface area contributed by atoms with E-state index in [1.54, 1.807) is 14.0 Å². The Kier molecular flexibility index (Phi) is 11.7. The average Bonchev–Trinajstić information content (AvgIpc) is 2.14. The molecule has 0 spiro atoms. The van der Waals surface area contributed by atoms with Crippen LogP contribution in [-0.2, 0) is 0 Å². The van der Waals surface area contributed by atoms with Gasteiger partial charge in [-0.25, -0.2) is 0 Å². The Balaban J connectivity index is 0. The van der Waals surface area contributed by atoms with Crippen molar-refractivity contribution in [3.63, 3.8) is 0 Å². The van der Waals surface area contributed by atoms with Crippen molar-refractivity contribution in [1.82, 2.24) is 5.43 Å². The second-order valence-electron chi connectivity index (χ2n) is 5.78. The minimum atomic E-state index is -0.969. The van der Waals surface area contributed by atoms with E-state index in [2.05, 4.69) is 34.6 Å². The van der Waals surface area contributed by atoms with Gasteiger partial charge in [0.2, 0.25) is 0 Å². The zero-order valence-corrected chi connectivity index (χ0v) is 13.9. The van der Waals surface area contributed by atoms with Crippen molar-refractivity contribution < 1.29 is 5.11 Å². The van der Waals surface area contributed by atoms with Crippen LogP contribution in [0.4, 0.5) is 0 Å². The van der Waals surface area contributed by atoms with Crippen molar-refractivity contribution in [2.45, 2.75) is 60.1 Å². The lowest BCUT2D eigenvalue weighted by Gasteiger charge is -2.18. The van der Waals surface area contributed by atoms with Crippen LogP contribution in [0.15, 0.2) is 15.3 Å². The standard InChI is InChI=1S/C7H16N2O.C7H16N2/c1-6(2)5-7(3,10)9-8-4;1-6(2)5-7(3)9-8-4/h6,10H,5H2,1-4H3;6,8H,5H2,1-4H3. The van der Waals surface area contributed by atoms with Crippen LogP contribution in [0.2, 0.25) is 0 Å². The summed E-state index contributed by atoms with van der Waals surface area (Å²) >= 11 is 0. The highest BCUT2D eigenvalue weighted by Crippen LogP contribution is 2.17. The van der Waals surface area contributed by atoms with Crippen LogP contribution < -0.4 is 5.43 Å². The molecule has 0 saturated carbocycles. The molecule has 0 amide bonds. The maximum atomic E-state index is 9.42. The van der Waals surface area contributed by atoms with Crippen molar-refractivity contribution >= 4 is 5.71 Å². The third-order valence-corrected chi connectivity index (χ3v) is 2.12. The van der Waals surface area contributed by atoms with Gasteiger partial charge in [-0.15, -0.1) is 0 Å². The van der Waals surface area contributed by atoms with Crippen LogP contribution in [-0.4, -0.2) is 30.6 Å². The lowest BCUT2D eigenvalue weighted by Crippen LogP contribution is -2.22. The van der Waals surface area contributed by atoms with Gasteiger partial charge in [0.15, 0.2) is 5.72 Å². The first kappa shape index (κ1) is 20.3. The monoisotopic (exact) mass is 272 g/mol. The average molecular weight is 272 g/mol. The normalized spacial score (nSPS) is 15.4. The molecular formula is C14H32N4O. The molecule has 2 N–H and O–H groups in total. The number of nitrogens with one attached hydrogen (secondary N) is 1. The number of hydrazone groups is 1. The summed E-state index contributed by atoms with van der Waals surface area (Å²) in [5, 5.41) is 20.7. The Hall–Kier alpha value is -0.970. The summed E-state index contributed by atoms with van der Waals surface area (Å²) in [5.74, 6) is 1.16. The van der Waals surface area contributed by atoms with Crippen molar-refractivity contribution in [2.75, 3.05) is 14.1 Å². The molecular weight excluding hydrogens is 240 g/mol. The molecule has 0 aromatic rings. The predicted molar refractivity (Wildman–Crippen MR) is 82.5 cm³/mol. The van der Waals surface area contributed by atoms with Crippen molar-refractivity contribution in [3.8, 4) is 0 Å². The summed E-state index contributed by atoms with van der Waals surface area (Å²) < 4.78 is 0. The molecule has 5 heteroatoms. The molecule has 0 bridgehead atoms. The van der Waals surface area contributed by atoms with E-state index in [4.69, 9.17) is 0 Å². The van der Waals surface area contributed by atoms with E-state index < -0.39 is 5.72 Å². The number of hydrogen-bond acceptors (Lipinski definition) is 5. The molecule has 0 aromatic heterocycles. The fourth-order valence-corrected chi connectivity index (χ4v) is 1.86. The number of hydrogen-bond donors (Lipinski definition) is 2. The quantitative estimate of drug-likeness (QED) is 0.442. The van der Waals surface area contributed by atoms with Gasteiger partial charge in [-0.2, -0.15) is 15.3 Å². The maximum Gasteiger partial charge on any atom is 0.173 e. The molecule has 1 unspecified atom stereocenters. The highest BCUT2D eigenvalue weighted by molar-refractivity contribution is 5.81. The first-order valence-corrected chi connectivity index (χ1v) is 6.87. The summed E-state index contributed by atoms with van der Waals surface area (Å²) in [7, 11) is 3.39. The van der Waals surface area contributed by atoms with Crippen LogP contribution in [0.3, 0.4) is 0 Å². The Bertz CT molecular complexity index is 271. The molecule has 0 saturated heterocycles. The topological polar surface area (TPSA) is 69.3 Å². The lowest BCUT2D eigenvalue weighted by atomic mass is 10.0. The number of rotatable bonds is 6. The lowest BCUT2D eigenvalue weighted by molar-refractivity contribution is 0.0402. The summed E-state index contributed by atoms with van der Waals surface area (Å²) in [4.78, 5) is 0. The van der Waals surface area contributed by atoms with Crippen LogP contribution in [0, 0.1) is 11.8 Å². The summed E-state index contributed by atoms with van der Waals surface area (Å²) in [6, 6.07) is 0. The number of nitrogens with zero attached hydrogens (tertiary/aromatic N) is 3. The van der Waals surface area contributed by atoms with E-state index in [0.717, 1.165) is 6.42 Å². The Labute approximate surface area is 118 Å². The Morgan fingerprint density at radius 3 is 2.05 bits per heavy atom. The molecule has 0 radical (unpaired) electrons. The second-order valence-corrected chi connectivity index (χ2v) is 5.78. The van der Waals surface area contributed by atoms with Gasteiger partial charge in [0.25, 0.3) is 0 Å². The smallest absolute Gasteiger partial charge is 0.173 e. The van der Waals surface area contributed by atoms with Gasteiger partial charge < -0.3 is 10.5 Å². The molecule has 114 valence electrons. The van der Waals surface area contributed by atoms with Crippen LogP contribution in [0.25, 0.3) is 0 Å². The number of aliphatic hydroxyl groups is 1. The fraction of sp³-hybridized carbons (Fsp3) is 0.929. The summed E-state index contributed by atoms with van der Waals surface area (Å²) in [6.07, 6.45) is 1.74. The summed E-state index contributed by atoms with van der Waals surface area (Å²) in [6.45, 7) is 12.2. The molecule has 0 aliphatic rings. The third kappa shape index (κ3) is 17.0. The minimum absolute atomic E-state index is 0.445. The highest BCUT2D eigenvalue weighted by atomic mass is 16.3. The molecule has 0 aliphatic carbocycles. The highest BCUT2D eigenvalue weighted by Gasteiger charge is 2.19. The molecule has 0 aliphatic heterocycles. The van der Waals surface area contributed by atoms with Gasteiger partial charge in [-0.05, 0) is 32.1 Å². The minimum Gasteiger partial charge on any atom is -0.368 e. The van der Waals surface area contributed by atoms with Gasteiger partial charge >= 0.3 is 0 Å². The number of azo groups is 1. The zero-order valence-electron chi connectivity index (χ0n) is 13.9. The zero-order chi connectivity index (χ0) is 15.5. The van der Waals surface area contributed by atoms with E-state index in [1.165, 1.54) is 5.71 Å². The van der Waals surface area contributed by atoms with Gasteiger partial charge in [-0.1, -0.05) is 27.7 Å². The largest absolute Gasteiger partial charge is 0.368 e. The van der Waals surface area contributed by atoms with E-state index in [0.29, 0.717) is 18.3 Å². The van der Waals surface area contributed by atoms with Crippen molar-refractivity contribution in [3.05, 3.63) is 0 Å². The van der Waals surface area contributed by atoms with Crippen LogP contribution in [0.5, 0.6) is 0 Å². The molecule has 19 heavy (non-hydrogen) atoms. The molecule has 0 fully saturated rings.